The predicted molar refractivity (Wildman–Crippen MR) is 68.4 cm³/mol. The Balaban J connectivity index is 2.25. The van der Waals surface area contributed by atoms with Crippen molar-refractivity contribution in [3.8, 4) is 0 Å². The molecule has 6 heteroatoms. The van der Waals surface area contributed by atoms with Gasteiger partial charge in [0.15, 0.2) is 0 Å². The second kappa shape index (κ2) is 7.42. The number of rotatable bonds is 6. The molecule has 0 aromatic carbocycles. The summed E-state index contributed by atoms with van der Waals surface area (Å²) in [6.07, 6.45) is 5.41. The van der Waals surface area contributed by atoms with Crippen LogP contribution in [0, 0.1) is 0 Å². The maximum absolute atomic E-state index is 11.7. The molecule has 1 aliphatic heterocycles. The zero-order valence-electron chi connectivity index (χ0n) is 10.1. The molecule has 2 amide bonds. The Labute approximate surface area is 106 Å². The molecule has 1 aliphatic rings. The summed E-state index contributed by atoms with van der Waals surface area (Å²) in [5, 5.41) is 11.7. The third-order valence-electron chi connectivity index (χ3n) is 2.85. The van der Waals surface area contributed by atoms with E-state index in [0.29, 0.717) is 19.5 Å². The van der Waals surface area contributed by atoms with E-state index in [2.05, 4.69) is 11.6 Å². The van der Waals surface area contributed by atoms with Gasteiger partial charge in [-0.3, -0.25) is 0 Å². The lowest BCUT2D eigenvalue weighted by atomic mass is 10.2. The molecular formula is C11H20N2O3S. The van der Waals surface area contributed by atoms with Crippen LogP contribution in [0.1, 0.15) is 25.7 Å². The Bertz CT molecular complexity index is 273. The number of nitrogens with zero attached hydrogens (tertiary/aromatic N) is 1. The van der Waals surface area contributed by atoms with Crippen molar-refractivity contribution in [3.63, 3.8) is 0 Å². The Morgan fingerprint density at radius 2 is 2.24 bits per heavy atom. The minimum Gasteiger partial charge on any atom is -0.480 e. The van der Waals surface area contributed by atoms with Gasteiger partial charge in [0, 0.05) is 13.1 Å². The third kappa shape index (κ3) is 4.46. The zero-order chi connectivity index (χ0) is 12.7. The normalized spacial score (nSPS) is 19.4. The first-order valence-corrected chi connectivity index (χ1v) is 7.32. The number of unbranched alkanes of at least 4 members (excludes halogenated alkanes) is 1. The largest absolute Gasteiger partial charge is 0.480 e. The van der Waals surface area contributed by atoms with E-state index in [9.17, 15) is 9.59 Å². The fourth-order valence-corrected chi connectivity index (χ4v) is 2.43. The lowest BCUT2D eigenvalue weighted by molar-refractivity contribution is -0.141. The van der Waals surface area contributed by atoms with E-state index in [1.165, 1.54) is 4.90 Å². The lowest BCUT2D eigenvalue weighted by Gasteiger charge is -2.21. The van der Waals surface area contributed by atoms with Crippen molar-refractivity contribution in [2.24, 2.45) is 0 Å². The number of thioether (sulfide) groups is 1. The van der Waals surface area contributed by atoms with Gasteiger partial charge in [0.05, 0.1) is 0 Å². The summed E-state index contributed by atoms with van der Waals surface area (Å²) in [5.74, 6) is 0.192. The number of amides is 2. The number of hydrogen-bond donors (Lipinski definition) is 2. The Morgan fingerprint density at radius 1 is 1.47 bits per heavy atom. The summed E-state index contributed by atoms with van der Waals surface area (Å²) in [6, 6.07) is -0.875. The maximum atomic E-state index is 11.7. The molecule has 2 N–H and O–H groups in total. The molecule has 0 aliphatic carbocycles. The molecule has 98 valence electrons. The molecule has 1 heterocycles. The van der Waals surface area contributed by atoms with E-state index in [-0.39, 0.29) is 6.03 Å². The first kappa shape index (κ1) is 14.2. The number of carboxylic acid groups (broad SMARTS) is 1. The van der Waals surface area contributed by atoms with Gasteiger partial charge in [0.1, 0.15) is 6.04 Å². The van der Waals surface area contributed by atoms with Crippen LogP contribution in [0.4, 0.5) is 4.79 Å². The average molecular weight is 260 g/mol. The van der Waals surface area contributed by atoms with E-state index in [1.54, 1.807) is 11.8 Å². The highest BCUT2D eigenvalue weighted by molar-refractivity contribution is 7.98. The Morgan fingerprint density at radius 3 is 2.88 bits per heavy atom. The van der Waals surface area contributed by atoms with Crippen LogP contribution < -0.4 is 5.32 Å². The van der Waals surface area contributed by atoms with Crippen molar-refractivity contribution in [3.05, 3.63) is 0 Å². The number of hydrogen-bond acceptors (Lipinski definition) is 3. The van der Waals surface area contributed by atoms with Crippen molar-refractivity contribution in [2.75, 3.05) is 25.1 Å². The third-order valence-corrected chi connectivity index (χ3v) is 3.55. The van der Waals surface area contributed by atoms with Crippen molar-refractivity contribution < 1.29 is 14.7 Å². The van der Waals surface area contributed by atoms with E-state index in [1.807, 2.05) is 0 Å². The zero-order valence-corrected chi connectivity index (χ0v) is 11.0. The summed E-state index contributed by atoms with van der Waals surface area (Å²) in [4.78, 5) is 24.1. The number of carboxylic acids is 1. The Hall–Kier alpha value is -0.910. The second-order valence-corrected chi connectivity index (χ2v) is 5.11. The molecule has 1 fully saturated rings. The van der Waals surface area contributed by atoms with Crippen LogP contribution in [-0.4, -0.2) is 53.1 Å². The minimum atomic E-state index is -0.903. The van der Waals surface area contributed by atoms with Crippen LogP contribution in [0.25, 0.3) is 0 Å². The number of aliphatic carboxylic acids is 1. The van der Waals surface area contributed by atoms with Crippen LogP contribution in [0.2, 0.25) is 0 Å². The summed E-state index contributed by atoms with van der Waals surface area (Å²) >= 11 is 1.79. The molecule has 0 unspecified atom stereocenters. The summed E-state index contributed by atoms with van der Waals surface area (Å²) in [5.41, 5.74) is 0. The van der Waals surface area contributed by atoms with Crippen molar-refractivity contribution in [1.29, 1.82) is 0 Å². The maximum Gasteiger partial charge on any atom is 0.326 e. The van der Waals surface area contributed by atoms with Crippen molar-refractivity contribution in [2.45, 2.75) is 31.7 Å². The molecule has 0 aromatic rings. The molecular weight excluding hydrogens is 240 g/mol. The average Bonchev–Trinajstić information content (AvgIpc) is 2.77. The standard InChI is InChI=1S/C11H20N2O3S/c1-17-8-3-2-6-12-11(16)13-7-4-5-9(13)10(14)15/h9H,2-8H2,1H3,(H,12,16)(H,14,15)/t9-/m0/s1. The van der Waals surface area contributed by atoms with Gasteiger partial charge in [0.25, 0.3) is 0 Å². The molecule has 0 radical (unpaired) electrons. The van der Waals surface area contributed by atoms with Crippen molar-refractivity contribution in [1.82, 2.24) is 10.2 Å². The summed E-state index contributed by atoms with van der Waals surface area (Å²) in [7, 11) is 0. The highest BCUT2D eigenvalue weighted by Crippen LogP contribution is 2.17. The number of likely N-dealkylation sites (tertiary alicyclic amines) is 1. The van der Waals surface area contributed by atoms with Gasteiger partial charge < -0.3 is 15.3 Å². The van der Waals surface area contributed by atoms with E-state index >= 15 is 0 Å². The summed E-state index contributed by atoms with van der Waals surface area (Å²) in [6.45, 7) is 1.18. The van der Waals surface area contributed by atoms with Crippen LogP contribution >= 0.6 is 11.8 Å². The smallest absolute Gasteiger partial charge is 0.326 e. The van der Waals surface area contributed by atoms with Gasteiger partial charge in [-0.25, -0.2) is 9.59 Å². The number of nitrogens with one attached hydrogen (secondary N) is 1. The molecule has 1 rings (SSSR count). The first-order valence-electron chi connectivity index (χ1n) is 5.93. The van der Waals surface area contributed by atoms with Gasteiger partial charge in [-0.05, 0) is 37.7 Å². The Kier molecular flexibility index (Phi) is 6.18. The number of carbonyl (C=O) groups is 2. The highest BCUT2D eigenvalue weighted by Gasteiger charge is 2.33. The van der Waals surface area contributed by atoms with E-state index < -0.39 is 12.0 Å². The van der Waals surface area contributed by atoms with E-state index in [0.717, 1.165) is 25.0 Å². The predicted octanol–water partition coefficient (Wildman–Crippen LogP) is 1.39. The molecule has 17 heavy (non-hydrogen) atoms. The molecule has 0 aromatic heterocycles. The highest BCUT2D eigenvalue weighted by atomic mass is 32.2. The quantitative estimate of drug-likeness (QED) is 0.708. The SMILES string of the molecule is CSCCCCNC(=O)N1CCC[C@H]1C(=O)O. The van der Waals surface area contributed by atoms with Crippen molar-refractivity contribution >= 4 is 23.8 Å². The van der Waals surface area contributed by atoms with Gasteiger partial charge in [-0.15, -0.1) is 0 Å². The molecule has 5 nitrogen and oxygen atoms in total. The van der Waals surface area contributed by atoms with Crippen LogP contribution in [0.3, 0.4) is 0 Å². The van der Waals surface area contributed by atoms with Crippen LogP contribution in [-0.2, 0) is 4.79 Å². The monoisotopic (exact) mass is 260 g/mol. The fraction of sp³-hybridized carbons (Fsp3) is 0.818. The lowest BCUT2D eigenvalue weighted by Crippen LogP contribution is -2.46. The molecule has 1 saturated heterocycles. The van der Waals surface area contributed by atoms with Crippen LogP contribution in [0.5, 0.6) is 0 Å². The number of carbonyl (C=O) groups excluding carboxylic acids is 1. The number of urea groups is 1. The fourth-order valence-electron chi connectivity index (χ4n) is 1.93. The molecule has 0 bridgehead atoms. The van der Waals surface area contributed by atoms with Gasteiger partial charge in [0.2, 0.25) is 0 Å². The topological polar surface area (TPSA) is 69.6 Å². The van der Waals surface area contributed by atoms with Gasteiger partial charge >= 0.3 is 12.0 Å². The van der Waals surface area contributed by atoms with Gasteiger partial charge in [-0.1, -0.05) is 0 Å². The molecule has 0 saturated carbocycles. The van der Waals surface area contributed by atoms with Gasteiger partial charge in [-0.2, -0.15) is 11.8 Å². The molecule has 0 spiro atoms. The van der Waals surface area contributed by atoms with E-state index in [4.69, 9.17) is 5.11 Å². The first-order chi connectivity index (χ1) is 8.16. The molecule has 1 atom stereocenters. The van der Waals surface area contributed by atoms with Crippen LogP contribution in [0.15, 0.2) is 0 Å². The minimum absolute atomic E-state index is 0.237. The second-order valence-electron chi connectivity index (χ2n) is 4.12. The summed E-state index contributed by atoms with van der Waals surface area (Å²) < 4.78 is 0.